The monoisotopic (exact) mass is 280 g/mol. The van der Waals surface area contributed by atoms with Gasteiger partial charge in [-0.3, -0.25) is 0 Å². The van der Waals surface area contributed by atoms with Crippen LogP contribution in [0, 0.1) is 6.92 Å². The number of aromatic carboxylic acids is 1. The van der Waals surface area contributed by atoms with E-state index in [0.717, 1.165) is 0 Å². The summed E-state index contributed by atoms with van der Waals surface area (Å²) in [6.45, 7) is 4.98. The number of hydrogen-bond acceptors (Lipinski definition) is 3. The van der Waals surface area contributed by atoms with E-state index in [-0.39, 0.29) is 17.8 Å². The lowest BCUT2D eigenvalue weighted by Crippen LogP contribution is -2.41. The zero-order valence-corrected chi connectivity index (χ0v) is 12.1. The highest BCUT2D eigenvalue weighted by Crippen LogP contribution is 2.20. The second kappa shape index (κ2) is 5.92. The molecule has 0 spiro atoms. The summed E-state index contributed by atoms with van der Waals surface area (Å²) >= 11 is 0. The van der Waals surface area contributed by atoms with Gasteiger partial charge in [-0.05, 0) is 32.4 Å². The molecule has 3 N–H and O–H groups in total. The average molecular weight is 280 g/mol. The highest BCUT2D eigenvalue weighted by atomic mass is 16.4. The van der Waals surface area contributed by atoms with E-state index in [1.807, 2.05) is 0 Å². The molecule has 0 aliphatic carbocycles. The number of aliphatic hydroxyl groups is 1. The van der Waals surface area contributed by atoms with Crippen LogP contribution in [0.2, 0.25) is 0 Å². The molecule has 0 aliphatic heterocycles. The lowest BCUT2D eigenvalue weighted by Gasteiger charge is -2.26. The summed E-state index contributed by atoms with van der Waals surface area (Å²) in [6, 6.07) is 4.40. The maximum Gasteiger partial charge on any atom is 0.338 e. The molecule has 0 atom stereocenters. The van der Waals surface area contributed by atoms with Gasteiger partial charge in [-0.25, -0.2) is 9.59 Å². The van der Waals surface area contributed by atoms with Crippen LogP contribution in [0.25, 0.3) is 0 Å². The number of carboxylic acids is 1. The zero-order valence-electron chi connectivity index (χ0n) is 12.1. The topological polar surface area (TPSA) is 89.9 Å². The minimum atomic E-state index is -1.09. The summed E-state index contributed by atoms with van der Waals surface area (Å²) < 4.78 is 0. The lowest BCUT2D eigenvalue weighted by molar-refractivity contribution is 0.0550. The van der Waals surface area contributed by atoms with Crippen LogP contribution in [0.3, 0.4) is 0 Å². The van der Waals surface area contributed by atoms with Crippen LogP contribution in [0.15, 0.2) is 18.2 Å². The van der Waals surface area contributed by atoms with Gasteiger partial charge >= 0.3 is 12.0 Å². The quantitative estimate of drug-likeness (QED) is 0.786. The van der Waals surface area contributed by atoms with Crippen LogP contribution < -0.4 is 5.32 Å². The van der Waals surface area contributed by atoms with Gasteiger partial charge in [0, 0.05) is 7.05 Å². The van der Waals surface area contributed by atoms with Crippen molar-refractivity contribution in [3.8, 4) is 0 Å². The van der Waals surface area contributed by atoms with E-state index in [4.69, 9.17) is 0 Å². The third-order valence-electron chi connectivity index (χ3n) is 2.70. The van der Waals surface area contributed by atoms with Crippen molar-refractivity contribution in [3.63, 3.8) is 0 Å². The number of carboxylic acid groups (broad SMARTS) is 1. The van der Waals surface area contributed by atoms with Crippen LogP contribution in [0.1, 0.15) is 29.8 Å². The fourth-order valence-corrected chi connectivity index (χ4v) is 1.92. The molecule has 0 radical (unpaired) electrons. The first-order valence-electron chi connectivity index (χ1n) is 6.19. The van der Waals surface area contributed by atoms with Gasteiger partial charge in [-0.2, -0.15) is 0 Å². The summed E-state index contributed by atoms with van der Waals surface area (Å²) in [6.07, 6.45) is 0. The summed E-state index contributed by atoms with van der Waals surface area (Å²) in [4.78, 5) is 24.5. The SMILES string of the molecule is Cc1cccc(NC(=O)N(C)CC(C)(C)O)c1C(=O)O. The number of nitrogens with zero attached hydrogens (tertiary/aromatic N) is 1. The molecule has 0 saturated carbocycles. The van der Waals surface area contributed by atoms with Crippen molar-refractivity contribution in [1.82, 2.24) is 4.90 Å². The molecule has 1 rings (SSSR count). The summed E-state index contributed by atoms with van der Waals surface area (Å²) in [5, 5.41) is 21.4. The number of hydrogen-bond donors (Lipinski definition) is 3. The first-order chi connectivity index (χ1) is 9.11. The number of aryl methyl sites for hydroxylation is 1. The van der Waals surface area contributed by atoms with Crippen molar-refractivity contribution in [2.24, 2.45) is 0 Å². The number of urea groups is 1. The molecule has 20 heavy (non-hydrogen) atoms. The predicted molar refractivity (Wildman–Crippen MR) is 76.1 cm³/mol. The van der Waals surface area contributed by atoms with Crippen molar-refractivity contribution < 1.29 is 19.8 Å². The summed E-state index contributed by atoms with van der Waals surface area (Å²) in [7, 11) is 1.53. The van der Waals surface area contributed by atoms with Crippen LogP contribution in [0.4, 0.5) is 10.5 Å². The molecule has 0 aliphatic rings. The second-order valence-electron chi connectivity index (χ2n) is 5.40. The molecule has 0 bridgehead atoms. The number of rotatable bonds is 4. The number of nitrogens with one attached hydrogen (secondary N) is 1. The van der Waals surface area contributed by atoms with Crippen molar-refractivity contribution in [1.29, 1.82) is 0 Å². The molecule has 2 amide bonds. The smallest absolute Gasteiger partial charge is 0.338 e. The maximum atomic E-state index is 12.0. The fourth-order valence-electron chi connectivity index (χ4n) is 1.92. The van der Waals surface area contributed by atoms with Crippen molar-refractivity contribution in [2.45, 2.75) is 26.4 Å². The summed E-state index contributed by atoms with van der Waals surface area (Å²) in [5.74, 6) is -1.09. The third-order valence-corrected chi connectivity index (χ3v) is 2.70. The normalized spacial score (nSPS) is 11.1. The first kappa shape index (κ1) is 16.0. The van der Waals surface area contributed by atoms with Crippen LogP contribution in [-0.4, -0.2) is 46.3 Å². The van der Waals surface area contributed by atoms with Crippen LogP contribution >= 0.6 is 0 Å². The van der Waals surface area contributed by atoms with Gasteiger partial charge in [-0.1, -0.05) is 12.1 Å². The molecule has 6 heteroatoms. The Bertz CT molecular complexity index is 520. The number of likely N-dealkylation sites (N-methyl/N-ethyl adjacent to an activating group) is 1. The van der Waals surface area contributed by atoms with Crippen LogP contribution in [0.5, 0.6) is 0 Å². The van der Waals surface area contributed by atoms with Crippen molar-refractivity contribution >= 4 is 17.7 Å². The van der Waals surface area contributed by atoms with E-state index in [2.05, 4.69) is 5.32 Å². The number of carbonyl (C=O) groups excluding carboxylic acids is 1. The molecule has 0 fully saturated rings. The summed E-state index contributed by atoms with van der Waals surface area (Å²) in [5.41, 5.74) is -0.142. The van der Waals surface area contributed by atoms with Gasteiger partial charge in [0.15, 0.2) is 0 Å². The maximum absolute atomic E-state index is 12.0. The Morgan fingerprint density at radius 2 is 1.95 bits per heavy atom. The largest absolute Gasteiger partial charge is 0.478 e. The Balaban J connectivity index is 2.91. The van der Waals surface area contributed by atoms with E-state index in [9.17, 15) is 19.8 Å². The predicted octanol–water partition coefficient (Wildman–Crippen LogP) is 1.93. The van der Waals surface area contributed by atoms with E-state index in [1.54, 1.807) is 32.9 Å². The van der Waals surface area contributed by atoms with E-state index in [0.29, 0.717) is 5.56 Å². The molecule has 0 unspecified atom stereocenters. The molecule has 0 aromatic heterocycles. The number of anilines is 1. The molecular formula is C14H20N2O4. The second-order valence-corrected chi connectivity index (χ2v) is 5.40. The van der Waals surface area contributed by atoms with Gasteiger partial charge in [0.1, 0.15) is 0 Å². The highest BCUT2D eigenvalue weighted by molar-refractivity contribution is 6.01. The van der Waals surface area contributed by atoms with E-state index >= 15 is 0 Å². The number of amides is 2. The van der Waals surface area contributed by atoms with Gasteiger partial charge in [0.25, 0.3) is 0 Å². The van der Waals surface area contributed by atoms with Gasteiger partial charge in [0.05, 0.1) is 23.4 Å². The highest BCUT2D eigenvalue weighted by Gasteiger charge is 2.21. The minimum Gasteiger partial charge on any atom is -0.478 e. The van der Waals surface area contributed by atoms with E-state index in [1.165, 1.54) is 18.0 Å². The van der Waals surface area contributed by atoms with E-state index < -0.39 is 17.6 Å². The Labute approximate surface area is 118 Å². The average Bonchev–Trinajstić information content (AvgIpc) is 2.25. The molecule has 1 aromatic rings. The van der Waals surface area contributed by atoms with Gasteiger partial charge in [0.2, 0.25) is 0 Å². The Morgan fingerprint density at radius 1 is 1.35 bits per heavy atom. The molecule has 0 heterocycles. The fraction of sp³-hybridized carbons (Fsp3) is 0.429. The minimum absolute atomic E-state index is 0.0671. The molecule has 110 valence electrons. The standard InChI is InChI=1S/C14H20N2O4/c1-9-6-5-7-10(11(9)12(17)18)15-13(19)16(4)8-14(2,3)20/h5-7,20H,8H2,1-4H3,(H,15,19)(H,17,18). The van der Waals surface area contributed by atoms with Crippen LogP contribution in [-0.2, 0) is 0 Å². The molecule has 0 saturated heterocycles. The lowest BCUT2D eigenvalue weighted by atomic mass is 10.1. The van der Waals surface area contributed by atoms with Crippen molar-refractivity contribution in [3.05, 3.63) is 29.3 Å². The molecule has 6 nitrogen and oxygen atoms in total. The van der Waals surface area contributed by atoms with Gasteiger partial charge < -0.3 is 20.4 Å². The zero-order chi connectivity index (χ0) is 15.5. The Kier molecular flexibility index (Phi) is 4.73. The first-order valence-corrected chi connectivity index (χ1v) is 6.19. The third kappa shape index (κ3) is 4.24. The Hall–Kier alpha value is -2.08. The van der Waals surface area contributed by atoms with Crippen molar-refractivity contribution in [2.75, 3.05) is 18.9 Å². The van der Waals surface area contributed by atoms with Gasteiger partial charge in [-0.15, -0.1) is 0 Å². The molecule has 1 aromatic carbocycles. The number of carbonyl (C=O) groups is 2. The molecular weight excluding hydrogens is 260 g/mol. The number of benzene rings is 1. The Morgan fingerprint density at radius 3 is 2.45 bits per heavy atom.